The molecule has 128 valence electrons. The van der Waals surface area contributed by atoms with Crippen LogP contribution in [0.1, 0.15) is 25.5 Å². The van der Waals surface area contributed by atoms with Crippen LogP contribution in [0.2, 0.25) is 0 Å². The first-order valence-corrected chi connectivity index (χ1v) is 8.11. The van der Waals surface area contributed by atoms with Crippen molar-refractivity contribution >= 4 is 11.9 Å². The SMILES string of the molecule is CCOc1ccc([C@@H](C)NC(=O)[C@@H]2[C@@H](C(=O)O)[C@H]3C=C[C@@H]2O3)cc1. The van der Waals surface area contributed by atoms with Crippen LogP contribution in [0.4, 0.5) is 0 Å². The van der Waals surface area contributed by atoms with Gasteiger partial charge in [-0.2, -0.15) is 0 Å². The molecule has 2 aliphatic heterocycles. The highest BCUT2D eigenvalue weighted by Crippen LogP contribution is 2.39. The number of fused-ring (bicyclic) bond motifs is 2. The second-order valence-corrected chi connectivity index (χ2v) is 6.07. The Kier molecular flexibility index (Phi) is 4.57. The van der Waals surface area contributed by atoms with E-state index >= 15 is 0 Å². The molecule has 1 saturated heterocycles. The molecule has 2 heterocycles. The number of ether oxygens (including phenoxy) is 2. The van der Waals surface area contributed by atoms with Gasteiger partial charge in [-0.3, -0.25) is 9.59 Å². The van der Waals surface area contributed by atoms with E-state index < -0.39 is 30.0 Å². The van der Waals surface area contributed by atoms with E-state index in [1.165, 1.54) is 0 Å². The monoisotopic (exact) mass is 331 g/mol. The van der Waals surface area contributed by atoms with E-state index in [0.717, 1.165) is 11.3 Å². The van der Waals surface area contributed by atoms with Gasteiger partial charge in [0.15, 0.2) is 0 Å². The van der Waals surface area contributed by atoms with Crippen molar-refractivity contribution in [3.63, 3.8) is 0 Å². The normalized spacial score (nSPS) is 28.6. The molecule has 0 aromatic heterocycles. The molecular formula is C18H21NO5. The maximum atomic E-state index is 12.6. The number of aliphatic carboxylic acids is 1. The number of carbonyl (C=O) groups excluding carboxylic acids is 1. The van der Waals surface area contributed by atoms with E-state index in [-0.39, 0.29) is 11.9 Å². The van der Waals surface area contributed by atoms with Gasteiger partial charge in [-0.25, -0.2) is 0 Å². The van der Waals surface area contributed by atoms with Crippen molar-refractivity contribution in [1.82, 2.24) is 5.32 Å². The number of benzene rings is 1. The maximum Gasteiger partial charge on any atom is 0.310 e. The molecule has 1 aromatic rings. The number of amides is 1. The van der Waals surface area contributed by atoms with Crippen molar-refractivity contribution < 1.29 is 24.2 Å². The first-order chi connectivity index (χ1) is 11.5. The van der Waals surface area contributed by atoms with Crippen LogP contribution in [-0.4, -0.2) is 35.8 Å². The van der Waals surface area contributed by atoms with Gasteiger partial charge in [0.05, 0.1) is 30.8 Å². The lowest BCUT2D eigenvalue weighted by Crippen LogP contribution is -2.43. The lowest BCUT2D eigenvalue weighted by Gasteiger charge is -2.23. The Morgan fingerprint density at radius 3 is 2.42 bits per heavy atom. The molecular weight excluding hydrogens is 310 g/mol. The van der Waals surface area contributed by atoms with Gasteiger partial charge >= 0.3 is 5.97 Å². The molecule has 24 heavy (non-hydrogen) atoms. The maximum absolute atomic E-state index is 12.6. The molecule has 2 bridgehead atoms. The summed E-state index contributed by atoms with van der Waals surface area (Å²) in [5.74, 6) is -2.03. The van der Waals surface area contributed by atoms with E-state index in [0.29, 0.717) is 6.61 Å². The lowest BCUT2D eigenvalue weighted by molar-refractivity contribution is -0.146. The molecule has 6 nitrogen and oxygen atoms in total. The fourth-order valence-electron chi connectivity index (χ4n) is 3.33. The zero-order valence-corrected chi connectivity index (χ0v) is 13.6. The van der Waals surface area contributed by atoms with Crippen LogP contribution in [-0.2, 0) is 14.3 Å². The summed E-state index contributed by atoms with van der Waals surface area (Å²) in [7, 11) is 0. The molecule has 2 N–H and O–H groups in total. The lowest BCUT2D eigenvalue weighted by atomic mass is 9.82. The number of carboxylic acid groups (broad SMARTS) is 1. The Morgan fingerprint density at radius 2 is 1.83 bits per heavy atom. The molecule has 3 rings (SSSR count). The highest BCUT2D eigenvalue weighted by Gasteiger charge is 2.53. The third kappa shape index (κ3) is 3.01. The average molecular weight is 331 g/mol. The summed E-state index contributed by atoms with van der Waals surface area (Å²) in [5.41, 5.74) is 0.929. The molecule has 1 aromatic carbocycles. The van der Waals surface area contributed by atoms with Gasteiger partial charge in [-0.1, -0.05) is 24.3 Å². The minimum atomic E-state index is -0.999. The number of carboxylic acids is 1. The largest absolute Gasteiger partial charge is 0.494 e. The Balaban J connectivity index is 1.67. The van der Waals surface area contributed by atoms with Crippen molar-refractivity contribution in [2.75, 3.05) is 6.61 Å². The van der Waals surface area contributed by atoms with E-state index in [2.05, 4.69) is 5.32 Å². The predicted molar refractivity (Wildman–Crippen MR) is 86.6 cm³/mol. The van der Waals surface area contributed by atoms with Crippen molar-refractivity contribution in [2.24, 2.45) is 11.8 Å². The average Bonchev–Trinajstić information content (AvgIpc) is 3.16. The minimum absolute atomic E-state index is 0.231. The van der Waals surface area contributed by atoms with Gasteiger partial charge < -0.3 is 19.9 Å². The first kappa shape index (κ1) is 16.5. The Morgan fingerprint density at radius 1 is 1.21 bits per heavy atom. The van der Waals surface area contributed by atoms with Gasteiger partial charge in [0.25, 0.3) is 0 Å². The van der Waals surface area contributed by atoms with Gasteiger partial charge in [-0.15, -0.1) is 0 Å². The quantitative estimate of drug-likeness (QED) is 0.778. The number of hydrogen-bond acceptors (Lipinski definition) is 4. The summed E-state index contributed by atoms with van der Waals surface area (Å²) in [5, 5.41) is 12.3. The number of carbonyl (C=O) groups is 2. The molecule has 1 amide bonds. The fraction of sp³-hybridized carbons (Fsp3) is 0.444. The van der Waals surface area contributed by atoms with Crippen molar-refractivity contribution in [1.29, 1.82) is 0 Å². The van der Waals surface area contributed by atoms with Gasteiger partial charge in [0.1, 0.15) is 11.7 Å². The standard InChI is InChI=1S/C18H21NO5/c1-3-23-12-6-4-11(5-7-12)10(2)19-17(20)15-13-8-9-14(24-13)16(15)18(21)22/h4-10,13-16H,3H2,1-2H3,(H,19,20)(H,21,22)/t10-,13+,14-,15+,16+/m1/s1. The number of rotatable bonds is 6. The molecule has 0 spiro atoms. The minimum Gasteiger partial charge on any atom is -0.494 e. The summed E-state index contributed by atoms with van der Waals surface area (Å²) < 4.78 is 10.9. The fourth-order valence-corrected chi connectivity index (χ4v) is 3.33. The van der Waals surface area contributed by atoms with Crippen LogP contribution < -0.4 is 10.1 Å². The van der Waals surface area contributed by atoms with Crippen LogP contribution in [0, 0.1) is 11.8 Å². The van der Waals surface area contributed by atoms with Crippen LogP contribution in [0.25, 0.3) is 0 Å². The van der Waals surface area contributed by atoms with Crippen LogP contribution in [0.3, 0.4) is 0 Å². The van der Waals surface area contributed by atoms with E-state index in [1.54, 1.807) is 12.2 Å². The molecule has 6 heteroatoms. The third-order valence-corrected chi connectivity index (χ3v) is 4.54. The summed E-state index contributed by atoms with van der Waals surface area (Å²) in [6.07, 6.45) is 2.53. The smallest absolute Gasteiger partial charge is 0.310 e. The number of hydrogen-bond donors (Lipinski definition) is 2. The molecule has 0 unspecified atom stereocenters. The van der Waals surface area contributed by atoms with Gasteiger partial charge in [0, 0.05) is 0 Å². The van der Waals surface area contributed by atoms with E-state index in [4.69, 9.17) is 9.47 Å². The molecule has 5 atom stereocenters. The molecule has 0 saturated carbocycles. The summed E-state index contributed by atoms with van der Waals surface area (Å²) in [6.45, 7) is 4.38. The third-order valence-electron chi connectivity index (χ3n) is 4.54. The summed E-state index contributed by atoms with van der Waals surface area (Å²) >= 11 is 0. The van der Waals surface area contributed by atoms with Crippen LogP contribution >= 0.6 is 0 Å². The molecule has 0 aliphatic carbocycles. The Hall–Kier alpha value is -2.34. The van der Waals surface area contributed by atoms with Gasteiger partial charge in [-0.05, 0) is 31.5 Å². The summed E-state index contributed by atoms with van der Waals surface area (Å²) in [6, 6.07) is 7.25. The molecule has 0 radical (unpaired) electrons. The first-order valence-electron chi connectivity index (χ1n) is 8.11. The molecule has 2 aliphatic rings. The summed E-state index contributed by atoms with van der Waals surface area (Å²) in [4.78, 5) is 24.0. The van der Waals surface area contributed by atoms with Crippen LogP contribution in [0.15, 0.2) is 36.4 Å². The molecule has 1 fully saturated rings. The number of nitrogens with one attached hydrogen (secondary N) is 1. The van der Waals surface area contributed by atoms with Crippen molar-refractivity contribution in [3.05, 3.63) is 42.0 Å². The van der Waals surface area contributed by atoms with Gasteiger partial charge in [0.2, 0.25) is 5.91 Å². The highest BCUT2D eigenvalue weighted by atomic mass is 16.5. The predicted octanol–water partition coefficient (Wildman–Crippen LogP) is 1.92. The second-order valence-electron chi connectivity index (χ2n) is 6.07. The highest BCUT2D eigenvalue weighted by molar-refractivity contribution is 5.87. The van der Waals surface area contributed by atoms with Crippen LogP contribution in [0.5, 0.6) is 5.75 Å². The second kappa shape index (κ2) is 6.65. The van der Waals surface area contributed by atoms with E-state index in [9.17, 15) is 14.7 Å². The topological polar surface area (TPSA) is 84.9 Å². The Bertz CT molecular complexity index is 654. The zero-order chi connectivity index (χ0) is 17.3. The van der Waals surface area contributed by atoms with Crippen molar-refractivity contribution in [2.45, 2.75) is 32.1 Å². The van der Waals surface area contributed by atoms with Crippen molar-refractivity contribution in [3.8, 4) is 5.75 Å². The zero-order valence-electron chi connectivity index (χ0n) is 13.6. The van der Waals surface area contributed by atoms with E-state index in [1.807, 2.05) is 38.1 Å². The Labute approximate surface area is 140 Å².